The lowest BCUT2D eigenvalue weighted by Gasteiger charge is -2.22. The molecule has 0 spiro atoms. The van der Waals surface area contributed by atoms with Gasteiger partial charge in [-0.05, 0) is 36.1 Å². The van der Waals surface area contributed by atoms with Crippen molar-refractivity contribution in [3.8, 4) is 5.75 Å². The molecule has 0 radical (unpaired) electrons. The highest BCUT2D eigenvalue weighted by Gasteiger charge is 2.24. The number of benzene rings is 1. The van der Waals surface area contributed by atoms with Gasteiger partial charge in [0.1, 0.15) is 18.4 Å². The van der Waals surface area contributed by atoms with Crippen molar-refractivity contribution in [3.63, 3.8) is 0 Å². The number of carbonyl (C=O) groups excluding carboxylic acids is 2. The van der Waals surface area contributed by atoms with Gasteiger partial charge >= 0.3 is 0 Å². The largest absolute Gasteiger partial charge is 0.492 e. The molecule has 1 rings (SSSR count). The third-order valence-corrected chi connectivity index (χ3v) is 3.37. The molecule has 1 aromatic carbocycles. The van der Waals surface area contributed by atoms with E-state index >= 15 is 0 Å². The van der Waals surface area contributed by atoms with Crippen molar-refractivity contribution < 1.29 is 14.3 Å². The second-order valence-corrected chi connectivity index (χ2v) is 6.54. The third kappa shape index (κ3) is 8.74. The molecule has 0 heterocycles. The van der Waals surface area contributed by atoms with Crippen molar-refractivity contribution in [1.29, 1.82) is 0 Å². The summed E-state index contributed by atoms with van der Waals surface area (Å²) in [5.41, 5.74) is 6.04. The zero-order chi connectivity index (χ0) is 18.1. The Hall–Kier alpha value is -1.79. The maximum Gasteiger partial charge on any atom is 0.247 e. The Labute approximate surface area is 156 Å². The molecule has 1 atom stereocenters. The van der Waals surface area contributed by atoms with Crippen molar-refractivity contribution >= 4 is 29.9 Å². The number of hydrogen-bond acceptors (Lipinski definition) is 4. The average Bonchev–Trinajstić information content (AvgIpc) is 2.51. The fraction of sp³-hybridized carbons (Fsp3) is 0.556. The Morgan fingerprint density at radius 2 is 1.72 bits per heavy atom. The molecule has 0 aromatic heterocycles. The molecule has 0 saturated heterocycles. The summed E-state index contributed by atoms with van der Waals surface area (Å²) in [5, 5.41) is 5.65. The van der Waals surface area contributed by atoms with Crippen molar-refractivity contribution in [3.05, 3.63) is 24.3 Å². The molecule has 0 aliphatic carbocycles. The highest BCUT2D eigenvalue weighted by Crippen LogP contribution is 2.16. The maximum absolute atomic E-state index is 12.5. The van der Waals surface area contributed by atoms with Crippen LogP contribution >= 0.6 is 12.4 Å². The summed E-state index contributed by atoms with van der Waals surface area (Å²) < 4.78 is 5.40. The molecule has 6 nitrogen and oxygen atoms in total. The third-order valence-electron chi connectivity index (χ3n) is 3.37. The van der Waals surface area contributed by atoms with E-state index in [1.54, 1.807) is 24.3 Å². The molecule has 0 fully saturated rings. The fourth-order valence-electron chi connectivity index (χ4n) is 2.17. The van der Waals surface area contributed by atoms with E-state index in [4.69, 9.17) is 10.5 Å². The van der Waals surface area contributed by atoms with Gasteiger partial charge in [0.15, 0.2) is 0 Å². The van der Waals surface area contributed by atoms with E-state index in [0.29, 0.717) is 31.0 Å². The molecule has 7 heteroatoms. The smallest absolute Gasteiger partial charge is 0.247 e. The number of hydrogen-bond donors (Lipinski definition) is 3. The predicted octanol–water partition coefficient (Wildman–Crippen LogP) is 2.57. The van der Waals surface area contributed by atoms with Gasteiger partial charge in [-0.25, -0.2) is 0 Å². The van der Waals surface area contributed by atoms with E-state index < -0.39 is 6.04 Å². The first kappa shape index (κ1) is 23.2. The molecule has 142 valence electrons. The number of ether oxygens (including phenoxy) is 1. The van der Waals surface area contributed by atoms with E-state index in [2.05, 4.69) is 10.6 Å². The van der Waals surface area contributed by atoms with Crippen LogP contribution in [0.5, 0.6) is 5.75 Å². The van der Waals surface area contributed by atoms with E-state index in [1.807, 2.05) is 27.7 Å². The van der Waals surface area contributed by atoms with Gasteiger partial charge in [0.2, 0.25) is 11.8 Å². The summed E-state index contributed by atoms with van der Waals surface area (Å²) in [6.45, 7) is 8.65. The lowest BCUT2D eigenvalue weighted by atomic mass is 10.0. The Morgan fingerprint density at radius 1 is 1.12 bits per heavy atom. The summed E-state index contributed by atoms with van der Waals surface area (Å²) in [5.74, 6) is 0.612. The van der Waals surface area contributed by atoms with Crippen LogP contribution in [0.4, 0.5) is 5.69 Å². The highest BCUT2D eigenvalue weighted by molar-refractivity contribution is 5.97. The van der Waals surface area contributed by atoms with Crippen LogP contribution in [0.15, 0.2) is 24.3 Å². The van der Waals surface area contributed by atoms with Crippen LogP contribution in [0.25, 0.3) is 0 Å². The first-order valence-electron chi connectivity index (χ1n) is 8.36. The van der Waals surface area contributed by atoms with Gasteiger partial charge in [-0.1, -0.05) is 27.7 Å². The number of nitrogens with one attached hydrogen (secondary N) is 2. The molecule has 1 aromatic rings. The summed E-state index contributed by atoms with van der Waals surface area (Å²) in [7, 11) is 0. The first-order valence-corrected chi connectivity index (χ1v) is 8.36. The second-order valence-electron chi connectivity index (χ2n) is 6.54. The van der Waals surface area contributed by atoms with Crippen molar-refractivity contribution in [1.82, 2.24) is 5.32 Å². The minimum Gasteiger partial charge on any atom is -0.492 e. The summed E-state index contributed by atoms with van der Waals surface area (Å²) in [6, 6.07) is 6.50. The zero-order valence-corrected chi connectivity index (χ0v) is 16.2. The number of carbonyl (C=O) groups is 2. The van der Waals surface area contributed by atoms with Crippen LogP contribution in [-0.2, 0) is 9.59 Å². The van der Waals surface area contributed by atoms with Crippen molar-refractivity contribution in [2.45, 2.75) is 40.2 Å². The zero-order valence-electron chi connectivity index (χ0n) is 15.4. The first-order chi connectivity index (χ1) is 11.3. The number of nitrogens with two attached hydrogens (primary N) is 1. The van der Waals surface area contributed by atoms with Crippen LogP contribution in [0.3, 0.4) is 0 Å². The molecule has 1 unspecified atom stereocenters. The van der Waals surface area contributed by atoms with Gasteiger partial charge in [0.05, 0.1) is 0 Å². The SMILES string of the molecule is CC(C)CC(=O)NC(C(=O)Nc1ccc(OCCN)cc1)C(C)C.Cl. The van der Waals surface area contributed by atoms with Crippen LogP contribution < -0.4 is 21.1 Å². The number of anilines is 1. The summed E-state index contributed by atoms with van der Waals surface area (Å²) >= 11 is 0. The van der Waals surface area contributed by atoms with Crippen LogP contribution in [0.1, 0.15) is 34.1 Å². The number of rotatable bonds is 9. The molecule has 0 saturated carbocycles. The Balaban J connectivity index is 0.00000576. The lowest BCUT2D eigenvalue weighted by molar-refractivity contribution is -0.127. The minimum absolute atomic E-state index is 0. The van der Waals surface area contributed by atoms with Gasteiger partial charge < -0.3 is 21.1 Å². The van der Waals surface area contributed by atoms with Crippen LogP contribution in [0, 0.1) is 11.8 Å². The molecule has 25 heavy (non-hydrogen) atoms. The van der Waals surface area contributed by atoms with Gasteiger partial charge in [0.25, 0.3) is 0 Å². The lowest BCUT2D eigenvalue weighted by Crippen LogP contribution is -2.47. The predicted molar refractivity (Wildman–Crippen MR) is 103 cm³/mol. The fourth-order valence-corrected chi connectivity index (χ4v) is 2.17. The van der Waals surface area contributed by atoms with Crippen LogP contribution in [-0.4, -0.2) is 31.0 Å². The van der Waals surface area contributed by atoms with Crippen molar-refractivity contribution in [2.75, 3.05) is 18.5 Å². The standard InChI is InChI=1S/C18H29N3O3.ClH/c1-12(2)11-16(22)21-17(13(3)4)18(23)20-14-5-7-15(8-6-14)24-10-9-19;/h5-8,12-13,17H,9-11,19H2,1-4H3,(H,20,23)(H,21,22);1H. The van der Waals surface area contributed by atoms with Gasteiger partial charge in [-0.3, -0.25) is 9.59 Å². The van der Waals surface area contributed by atoms with E-state index in [1.165, 1.54) is 0 Å². The average molecular weight is 372 g/mol. The number of amides is 2. The molecule has 0 aliphatic rings. The minimum atomic E-state index is -0.565. The van der Waals surface area contributed by atoms with Gasteiger partial charge in [-0.15, -0.1) is 12.4 Å². The topological polar surface area (TPSA) is 93.5 Å². The molecular weight excluding hydrogens is 342 g/mol. The molecule has 0 aliphatic heterocycles. The molecular formula is C18H30ClN3O3. The second kappa shape index (κ2) is 11.7. The summed E-state index contributed by atoms with van der Waals surface area (Å²) in [6.07, 6.45) is 0.406. The molecule has 2 amide bonds. The highest BCUT2D eigenvalue weighted by atomic mass is 35.5. The van der Waals surface area contributed by atoms with E-state index in [0.717, 1.165) is 0 Å². The normalized spacial score (nSPS) is 11.6. The monoisotopic (exact) mass is 371 g/mol. The van der Waals surface area contributed by atoms with E-state index in [-0.39, 0.29) is 36.1 Å². The van der Waals surface area contributed by atoms with Crippen molar-refractivity contribution in [2.24, 2.45) is 17.6 Å². The molecule has 4 N–H and O–H groups in total. The van der Waals surface area contributed by atoms with Crippen LogP contribution in [0.2, 0.25) is 0 Å². The van der Waals surface area contributed by atoms with E-state index in [9.17, 15) is 9.59 Å². The quantitative estimate of drug-likeness (QED) is 0.621. The Morgan fingerprint density at radius 3 is 2.20 bits per heavy atom. The summed E-state index contributed by atoms with van der Waals surface area (Å²) in [4.78, 5) is 24.4. The maximum atomic E-state index is 12.5. The Bertz CT molecular complexity index is 533. The van der Waals surface area contributed by atoms with Gasteiger partial charge in [-0.2, -0.15) is 0 Å². The Kier molecular flexibility index (Phi) is 10.9. The molecule has 0 bridgehead atoms. The number of halogens is 1. The van der Waals surface area contributed by atoms with Gasteiger partial charge in [0, 0.05) is 18.7 Å².